The first-order chi connectivity index (χ1) is 9.32. The quantitative estimate of drug-likeness (QED) is 0.784. The molecular weight excluding hydrogens is 250 g/mol. The Kier molecular flexibility index (Phi) is 6.96. The number of nitrogens with two attached hydrogens (primary N) is 1. The van der Waals surface area contributed by atoms with Crippen LogP contribution in [0.15, 0.2) is 0 Å². The minimum absolute atomic E-state index is 0.205. The van der Waals surface area contributed by atoms with E-state index in [1.54, 1.807) is 0 Å². The van der Waals surface area contributed by atoms with E-state index in [0.717, 1.165) is 32.4 Å². The van der Waals surface area contributed by atoms with Crippen LogP contribution < -0.4 is 11.1 Å². The average Bonchev–Trinajstić information content (AvgIpc) is 2.33. The lowest BCUT2D eigenvalue weighted by Crippen LogP contribution is -2.46. The molecule has 2 atom stereocenters. The molecule has 0 saturated carbocycles. The van der Waals surface area contributed by atoms with Gasteiger partial charge in [0, 0.05) is 19.0 Å². The number of amides is 1. The molecule has 0 bridgehead atoms. The summed E-state index contributed by atoms with van der Waals surface area (Å²) in [7, 11) is 2.12. The second-order valence-corrected chi connectivity index (χ2v) is 7.35. The van der Waals surface area contributed by atoms with Gasteiger partial charge in [0.15, 0.2) is 0 Å². The summed E-state index contributed by atoms with van der Waals surface area (Å²) in [5.41, 5.74) is 5.92. The summed E-state index contributed by atoms with van der Waals surface area (Å²) < 4.78 is 0. The number of carbonyl (C=O) groups excluding carboxylic acids is 1. The molecule has 4 heteroatoms. The molecule has 1 saturated heterocycles. The monoisotopic (exact) mass is 283 g/mol. The molecule has 0 aromatic carbocycles. The van der Waals surface area contributed by atoms with Gasteiger partial charge < -0.3 is 16.0 Å². The lowest BCUT2D eigenvalue weighted by atomic mass is 9.76. The molecule has 0 spiro atoms. The number of hydrogen-bond donors (Lipinski definition) is 2. The molecule has 1 heterocycles. The Balaban J connectivity index is 2.34. The van der Waals surface area contributed by atoms with Crippen molar-refractivity contribution in [2.45, 2.75) is 58.9 Å². The summed E-state index contributed by atoms with van der Waals surface area (Å²) in [6.45, 7) is 9.55. The van der Waals surface area contributed by atoms with Gasteiger partial charge in [0.05, 0.1) is 0 Å². The Morgan fingerprint density at radius 2 is 2.10 bits per heavy atom. The number of likely N-dealkylation sites (N-methyl/N-ethyl adjacent to an activating group) is 1. The van der Waals surface area contributed by atoms with E-state index in [1.165, 1.54) is 6.42 Å². The number of rotatable bonds is 6. The van der Waals surface area contributed by atoms with Gasteiger partial charge in [0.1, 0.15) is 0 Å². The van der Waals surface area contributed by atoms with E-state index in [1.807, 2.05) is 0 Å². The fraction of sp³-hybridized carbons (Fsp3) is 0.938. The number of hydrogen-bond acceptors (Lipinski definition) is 3. The van der Waals surface area contributed by atoms with Crippen molar-refractivity contribution in [1.82, 2.24) is 10.2 Å². The topological polar surface area (TPSA) is 58.4 Å². The Morgan fingerprint density at radius 1 is 1.40 bits per heavy atom. The molecule has 1 aliphatic rings. The second kappa shape index (κ2) is 7.99. The van der Waals surface area contributed by atoms with Crippen LogP contribution in [0.25, 0.3) is 0 Å². The molecule has 118 valence electrons. The van der Waals surface area contributed by atoms with Crippen molar-refractivity contribution < 1.29 is 4.79 Å². The minimum Gasteiger partial charge on any atom is -0.352 e. The standard InChI is InChI=1S/C16H33N3O/c1-16(2,3)13(9-10-17)7-8-15(20)18-14-6-5-11-19(4)12-14/h13-14H,5-12,17H2,1-4H3,(H,18,20). The highest BCUT2D eigenvalue weighted by atomic mass is 16.1. The third kappa shape index (κ3) is 6.23. The molecule has 1 rings (SSSR count). The number of carbonyl (C=O) groups is 1. The van der Waals surface area contributed by atoms with E-state index >= 15 is 0 Å². The minimum atomic E-state index is 0.205. The van der Waals surface area contributed by atoms with Gasteiger partial charge in [-0.1, -0.05) is 20.8 Å². The molecular formula is C16H33N3O. The zero-order chi connectivity index (χ0) is 15.2. The highest BCUT2D eigenvalue weighted by Crippen LogP contribution is 2.32. The van der Waals surface area contributed by atoms with Gasteiger partial charge >= 0.3 is 0 Å². The van der Waals surface area contributed by atoms with E-state index in [2.05, 4.69) is 38.0 Å². The summed E-state index contributed by atoms with van der Waals surface area (Å²) >= 11 is 0. The van der Waals surface area contributed by atoms with E-state index in [0.29, 0.717) is 24.9 Å². The molecule has 0 aliphatic carbocycles. The maximum absolute atomic E-state index is 12.1. The number of piperidine rings is 1. The maximum Gasteiger partial charge on any atom is 0.220 e. The summed E-state index contributed by atoms with van der Waals surface area (Å²) in [6, 6.07) is 0.337. The Hall–Kier alpha value is -0.610. The third-order valence-corrected chi connectivity index (χ3v) is 4.45. The predicted molar refractivity (Wildman–Crippen MR) is 84.5 cm³/mol. The van der Waals surface area contributed by atoms with Crippen molar-refractivity contribution in [3.63, 3.8) is 0 Å². The first-order valence-corrected chi connectivity index (χ1v) is 8.01. The second-order valence-electron chi connectivity index (χ2n) is 7.35. The smallest absolute Gasteiger partial charge is 0.220 e. The van der Waals surface area contributed by atoms with Gasteiger partial charge in [-0.2, -0.15) is 0 Å². The van der Waals surface area contributed by atoms with E-state index in [9.17, 15) is 4.79 Å². The zero-order valence-corrected chi connectivity index (χ0v) is 13.7. The summed E-state index contributed by atoms with van der Waals surface area (Å²) in [5.74, 6) is 0.726. The third-order valence-electron chi connectivity index (χ3n) is 4.45. The molecule has 3 N–H and O–H groups in total. The van der Waals surface area contributed by atoms with Crippen LogP contribution in [0.2, 0.25) is 0 Å². The van der Waals surface area contributed by atoms with Gasteiger partial charge in [-0.15, -0.1) is 0 Å². The molecule has 4 nitrogen and oxygen atoms in total. The lowest BCUT2D eigenvalue weighted by Gasteiger charge is -2.32. The molecule has 0 aromatic rings. The van der Waals surface area contributed by atoms with Crippen LogP contribution in [0.3, 0.4) is 0 Å². The number of nitrogens with one attached hydrogen (secondary N) is 1. The van der Waals surface area contributed by atoms with Crippen molar-refractivity contribution in [3.05, 3.63) is 0 Å². The highest BCUT2D eigenvalue weighted by Gasteiger charge is 2.25. The van der Waals surface area contributed by atoms with Crippen LogP contribution in [-0.2, 0) is 4.79 Å². The molecule has 1 fully saturated rings. The zero-order valence-electron chi connectivity index (χ0n) is 13.7. The van der Waals surface area contributed by atoms with Crippen molar-refractivity contribution in [3.8, 4) is 0 Å². The van der Waals surface area contributed by atoms with E-state index in [-0.39, 0.29) is 11.3 Å². The van der Waals surface area contributed by atoms with Crippen LogP contribution in [-0.4, -0.2) is 43.5 Å². The molecule has 0 radical (unpaired) electrons. The van der Waals surface area contributed by atoms with Gasteiger partial charge in [-0.3, -0.25) is 4.79 Å². The molecule has 2 unspecified atom stereocenters. The van der Waals surface area contributed by atoms with Crippen molar-refractivity contribution in [2.75, 3.05) is 26.7 Å². The SMILES string of the molecule is CN1CCCC(NC(=O)CCC(CCN)C(C)(C)C)C1. The van der Waals surface area contributed by atoms with Gasteiger partial charge in [-0.05, 0) is 57.2 Å². The Morgan fingerprint density at radius 3 is 2.65 bits per heavy atom. The lowest BCUT2D eigenvalue weighted by molar-refractivity contribution is -0.122. The maximum atomic E-state index is 12.1. The predicted octanol–water partition coefficient (Wildman–Crippen LogP) is 1.99. The van der Waals surface area contributed by atoms with Crippen LogP contribution in [0, 0.1) is 11.3 Å². The first kappa shape index (κ1) is 17.4. The fourth-order valence-corrected chi connectivity index (χ4v) is 3.10. The molecule has 20 heavy (non-hydrogen) atoms. The van der Waals surface area contributed by atoms with Crippen LogP contribution in [0.5, 0.6) is 0 Å². The van der Waals surface area contributed by atoms with E-state index < -0.39 is 0 Å². The van der Waals surface area contributed by atoms with Crippen molar-refractivity contribution in [1.29, 1.82) is 0 Å². The average molecular weight is 283 g/mol. The largest absolute Gasteiger partial charge is 0.352 e. The van der Waals surface area contributed by atoms with E-state index in [4.69, 9.17) is 5.73 Å². The summed E-state index contributed by atoms with van der Waals surface area (Å²) in [5, 5.41) is 3.19. The van der Waals surface area contributed by atoms with Gasteiger partial charge in [0.25, 0.3) is 0 Å². The van der Waals surface area contributed by atoms with Crippen molar-refractivity contribution >= 4 is 5.91 Å². The molecule has 1 aliphatic heterocycles. The normalized spacial score (nSPS) is 22.6. The first-order valence-electron chi connectivity index (χ1n) is 8.01. The fourth-order valence-electron chi connectivity index (χ4n) is 3.10. The number of nitrogens with zero attached hydrogens (tertiary/aromatic N) is 1. The van der Waals surface area contributed by atoms with Gasteiger partial charge in [0.2, 0.25) is 5.91 Å². The Labute approximate surface area is 124 Å². The Bertz CT molecular complexity index is 299. The van der Waals surface area contributed by atoms with Gasteiger partial charge in [-0.25, -0.2) is 0 Å². The molecule has 1 amide bonds. The van der Waals surface area contributed by atoms with Crippen molar-refractivity contribution in [2.24, 2.45) is 17.1 Å². The van der Waals surface area contributed by atoms with Crippen LogP contribution in [0.1, 0.15) is 52.9 Å². The highest BCUT2D eigenvalue weighted by molar-refractivity contribution is 5.76. The summed E-state index contributed by atoms with van der Waals surface area (Å²) in [6.07, 6.45) is 4.86. The summed E-state index contributed by atoms with van der Waals surface area (Å²) in [4.78, 5) is 14.4. The number of likely N-dealkylation sites (tertiary alicyclic amines) is 1. The molecule has 0 aromatic heterocycles. The van der Waals surface area contributed by atoms with Crippen LogP contribution >= 0.6 is 0 Å². The van der Waals surface area contributed by atoms with Crippen LogP contribution in [0.4, 0.5) is 0 Å².